The average molecular weight is 376 g/mol. The van der Waals surface area contributed by atoms with E-state index in [1.54, 1.807) is 7.11 Å². The van der Waals surface area contributed by atoms with Gasteiger partial charge in [-0.2, -0.15) is 0 Å². The summed E-state index contributed by atoms with van der Waals surface area (Å²) >= 11 is 0. The third-order valence-electron chi connectivity index (χ3n) is 4.82. The Bertz CT molecular complexity index is 766. The van der Waals surface area contributed by atoms with Crippen molar-refractivity contribution in [3.63, 3.8) is 0 Å². The number of nitrogens with one attached hydrogen (secondary N) is 1. The number of anilines is 2. The number of benzene rings is 2. The molecule has 0 aromatic heterocycles. The van der Waals surface area contributed by atoms with E-state index in [9.17, 15) is 4.79 Å². The Kier molecular flexibility index (Phi) is 6.75. The fourth-order valence-electron chi connectivity index (χ4n) is 3.40. The highest BCUT2D eigenvalue weighted by molar-refractivity contribution is 5.86. The van der Waals surface area contributed by atoms with Crippen molar-refractivity contribution in [2.45, 2.75) is 32.4 Å². The Hall–Kier alpha value is -2.40. The molecule has 0 saturated carbocycles. The molecule has 1 amide bonds. The van der Waals surface area contributed by atoms with Gasteiger partial charge in [0.2, 0.25) is 5.91 Å². The van der Waals surface area contributed by atoms with Crippen LogP contribution in [0.15, 0.2) is 42.5 Å². The number of nitrogen functional groups attached to an aromatic ring is 1. The number of para-hydroxylation sites is 1. The van der Waals surface area contributed by atoms with Crippen molar-refractivity contribution in [2.75, 3.05) is 24.3 Å². The van der Waals surface area contributed by atoms with Crippen LogP contribution in [0.3, 0.4) is 0 Å². The summed E-state index contributed by atoms with van der Waals surface area (Å²) in [5.41, 5.74) is 10.1. The Morgan fingerprint density at radius 3 is 2.81 bits per heavy atom. The first-order valence-electron chi connectivity index (χ1n) is 8.65. The van der Waals surface area contributed by atoms with Gasteiger partial charge in [0.05, 0.1) is 7.11 Å². The Labute approximate surface area is 160 Å². The molecule has 3 N–H and O–H groups in total. The molecule has 3 rings (SSSR count). The lowest BCUT2D eigenvalue weighted by Gasteiger charge is -2.36. The van der Waals surface area contributed by atoms with Crippen LogP contribution < -0.4 is 20.7 Å². The normalized spacial score (nSPS) is 14.0. The first-order chi connectivity index (χ1) is 12.1. The van der Waals surface area contributed by atoms with Crippen LogP contribution in [0.2, 0.25) is 0 Å². The number of fused-ring (bicyclic) bond motifs is 1. The van der Waals surface area contributed by atoms with Crippen molar-refractivity contribution >= 4 is 29.7 Å². The lowest BCUT2D eigenvalue weighted by atomic mass is 9.98. The third kappa shape index (κ3) is 4.05. The maximum atomic E-state index is 12.7. The van der Waals surface area contributed by atoms with Crippen molar-refractivity contribution in [1.82, 2.24) is 5.32 Å². The van der Waals surface area contributed by atoms with E-state index in [1.807, 2.05) is 43.3 Å². The number of carbonyl (C=O) groups excluding carboxylic acids is 1. The molecule has 26 heavy (non-hydrogen) atoms. The van der Waals surface area contributed by atoms with Gasteiger partial charge >= 0.3 is 0 Å². The standard InChI is InChI=1S/C20H25N3O2.ClH/c1-14(20(24)22-13-15-7-3-4-11-19(15)25-2)23-12-6-8-16-17(21)9-5-10-18(16)23;/h3-5,7,9-11,14H,6,8,12-13,21H2,1-2H3,(H,22,24);1H. The van der Waals surface area contributed by atoms with Gasteiger partial charge in [0.1, 0.15) is 11.8 Å². The first-order valence-corrected chi connectivity index (χ1v) is 8.65. The molecule has 0 saturated heterocycles. The largest absolute Gasteiger partial charge is 0.496 e. The zero-order valence-electron chi connectivity index (χ0n) is 15.2. The summed E-state index contributed by atoms with van der Waals surface area (Å²) in [6.07, 6.45) is 1.97. The number of nitrogens with two attached hydrogens (primary N) is 1. The maximum absolute atomic E-state index is 12.7. The summed E-state index contributed by atoms with van der Waals surface area (Å²) in [7, 11) is 1.64. The molecule has 6 heteroatoms. The monoisotopic (exact) mass is 375 g/mol. The van der Waals surface area contributed by atoms with Crippen molar-refractivity contribution in [2.24, 2.45) is 0 Å². The molecule has 2 aromatic carbocycles. The molecule has 140 valence electrons. The molecule has 0 radical (unpaired) electrons. The van der Waals surface area contributed by atoms with Gasteiger partial charge in [-0.1, -0.05) is 24.3 Å². The van der Waals surface area contributed by atoms with Crippen LogP contribution >= 0.6 is 12.4 Å². The lowest BCUT2D eigenvalue weighted by Crippen LogP contribution is -2.47. The van der Waals surface area contributed by atoms with Gasteiger partial charge < -0.3 is 20.7 Å². The van der Waals surface area contributed by atoms with Crippen molar-refractivity contribution < 1.29 is 9.53 Å². The molecule has 0 bridgehead atoms. The molecule has 2 aromatic rings. The quantitative estimate of drug-likeness (QED) is 0.788. The van der Waals surface area contributed by atoms with Gasteiger partial charge in [-0.25, -0.2) is 0 Å². The predicted octanol–water partition coefficient (Wildman–Crippen LogP) is 3.16. The molecule has 1 heterocycles. The molecular weight excluding hydrogens is 350 g/mol. The molecule has 1 aliphatic rings. The zero-order chi connectivity index (χ0) is 17.8. The summed E-state index contributed by atoms with van der Waals surface area (Å²) < 4.78 is 5.34. The summed E-state index contributed by atoms with van der Waals surface area (Å²) in [6.45, 7) is 3.25. The number of rotatable bonds is 5. The van der Waals surface area contributed by atoms with Crippen molar-refractivity contribution in [3.8, 4) is 5.75 Å². The van der Waals surface area contributed by atoms with Crippen LogP contribution in [0.4, 0.5) is 11.4 Å². The van der Waals surface area contributed by atoms with Crippen LogP contribution in [-0.4, -0.2) is 25.6 Å². The molecule has 1 atom stereocenters. The van der Waals surface area contributed by atoms with E-state index >= 15 is 0 Å². The second-order valence-corrected chi connectivity index (χ2v) is 6.35. The topological polar surface area (TPSA) is 67.6 Å². The van der Waals surface area contributed by atoms with Crippen LogP contribution in [0.1, 0.15) is 24.5 Å². The highest BCUT2D eigenvalue weighted by Crippen LogP contribution is 2.32. The van der Waals surface area contributed by atoms with E-state index in [2.05, 4.69) is 16.3 Å². The highest BCUT2D eigenvalue weighted by Gasteiger charge is 2.26. The van der Waals surface area contributed by atoms with Crippen molar-refractivity contribution in [3.05, 3.63) is 53.6 Å². The molecule has 0 aliphatic carbocycles. The smallest absolute Gasteiger partial charge is 0.242 e. The van der Waals surface area contributed by atoms with Gasteiger partial charge in [-0.05, 0) is 43.5 Å². The number of amides is 1. The number of ether oxygens (including phenoxy) is 1. The van der Waals surface area contributed by atoms with Crippen LogP contribution in [0.25, 0.3) is 0 Å². The summed E-state index contributed by atoms with van der Waals surface area (Å²) in [5, 5.41) is 3.02. The van der Waals surface area contributed by atoms with Crippen molar-refractivity contribution in [1.29, 1.82) is 0 Å². The Balaban J connectivity index is 0.00000243. The molecule has 1 unspecified atom stereocenters. The Morgan fingerprint density at radius 1 is 1.27 bits per heavy atom. The second kappa shape index (κ2) is 8.81. The van der Waals surface area contributed by atoms with E-state index in [0.29, 0.717) is 6.54 Å². The van der Waals surface area contributed by atoms with Crippen LogP contribution in [0, 0.1) is 0 Å². The van der Waals surface area contributed by atoms with E-state index in [1.165, 1.54) is 0 Å². The number of halogens is 1. The minimum absolute atomic E-state index is 0. The number of methoxy groups -OCH3 is 1. The average Bonchev–Trinajstić information content (AvgIpc) is 2.65. The molecular formula is C20H26ClN3O2. The van der Waals surface area contributed by atoms with Gasteiger partial charge in [-0.15, -0.1) is 12.4 Å². The zero-order valence-corrected chi connectivity index (χ0v) is 16.0. The summed E-state index contributed by atoms with van der Waals surface area (Å²) in [5.74, 6) is 0.785. The van der Waals surface area contributed by atoms with Gasteiger partial charge in [0.25, 0.3) is 0 Å². The second-order valence-electron chi connectivity index (χ2n) is 6.35. The fourth-order valence-corrected chi connectivity index (χ4v) is 3.40. The predicted molar refractivity (Wildman–Crippen MR) is 108 cm³/mol. The van der Waals surface area contributed by atoms with E-state index in [4.69, 9.17) is 10.5 Å². The fraction of sp³-hybridized carbons (Fsp3) is 0.350. The molecule has 5 nitrogen and oxygen atoms in total. The highest BCUT2D eigenvalue weighted by atomic mass is 35.5. The molecule has 0 fully saturated rings. The number of hydrogen-bond acceptors (Lipinski definition) is 4. The van der Waals surface area contributed by atoms with Crippen LogP contribution in [0.5, 0.6) is 5.75 Å². The maximum Gasteiger partial charge on any atom is 0.242 e. The number of nitrogens with zero attached hydrogens (tertiary/aromatic N) is 1. The molecule has 1 aliphatic heterocycles. The minimum atomic E-state index is -0.254. The summed E-state index contributed by atoms with van der Waals surface area (Å²) in [6, 6.07) is 13.4. The van der Waals surface area contributed by atoms with E-state index < -0.39 is 0 Å². The number of carbonyl (C=O) groups is 1. The third-order valence-corrected chi connectivity index (χ3v) is 4.82. The number of hydrogen-bond donors (Lipinski definition) is 2. The first kappa shape index (κ1) is 19.9. The van der Waals surface area contributed by atoms with E-state index in [0.717, 1.165) is 47.6 Å². The lowest BCUT2D eigenvalue weighted by molar-refractivity contribution is -0.122. The summed E-state index contributed by atoms with van der Waals surface area (Å²) in [4.78, 5) is 14.8. The molecule has 0 spiro atoms. The van der Waals surface area contributed by atoms with Crippen LogP contribution in [-0.2, 0) is 17.8 Å². The SMILES string of the molecule is COc1ccccc1CNC(=O)C(C)N1CCCc2c(N)cccc21.Cl. The van der Waals surface area contributed by atoms with Gasteiger partial charge in [0.15, 0.2) is 0 Å². The van der Waals surface area contributed by atoms with Gasteiger partial charge in [-0.3, -0.25) is 4.79 Å². The van der Waals surface area contributed by atoms with Gasteiger partial charge in [0, 0.05) is 30.0 Å². The minimum Gasteiger partial charge on any atom is -0.496 e. The Morgan fingerprint density at radius 2 is 2.04 bits per heavy atom. The van der Waals surface area contributed by atoms with E-state index in [-0.39, 0.29) is 24.4 Å².